The summed E-state index contributed by atoms with van der Waals surface area (Å²) in [5.41, 5.74) is 2.09. The summed E-state index contributed by atoms with van der Waals surface area (Å²) >= 11 is 0. The van der Waals surface area contributed by atoms with Gasteiger partial charge in [0.05, 0.1) is 10.6 Å². The molecule has 0 aromatic heterocycles. The van der Waals surface area contributed by atoms with Gasteiger partial charge in [-0.15, -0.1) is 0 Å². The number of sulfonamides is 1. The molecule has 1 saturated carbocycles. The molecule has 104 valence electrons. The molecule has 1 aromatic carbocycles. The molecule has 4 N–H and O–H groups in total. The van der Waals surface area contributed by atoms with Crippen LogP contribution in [0.1, 0.15) is 12.8 Å². The molecule has 8 nitrogen and oxygen atoms in total. The van der Waals surface area contributed by atoms with Gasteiger partial charge in [0.25, 0.3) is 5.69 Å². The third kappa shape index (κ3) is 3.19. The van der Waals surface area contributed by atoms with Crippen molar-refractivity contribution in [3.63, 3.8) is 0 Å². The number of rotatable bonds is 6. The predicted octanol–water partition coefficient (Wildman–Crippen LogP) is 0.569. The molecule has 0 amide bonds. The number of hydrazine groups is 1. The largest absolute Gasteiger partial charge is 0.324 e. The number of benzene rings is 1. The monoisotopic (exact) mass is 286 g/mol. The summed E-state index contributed by atoms with van der Waals surface area (Å²) in [6.07, 6.45) is 1.96. The van der Waals surface area contributed by atoms with E-state index in [2.05, 4.69) is 10.1 Å². The molecule has 1 aromatic rings. The Morgan fingerprint density at radius 1 is 1.42 bits per heavy atom. The maximum absolute atomic E-state index is 12.1. The van der Waals surface area contributed by atoms with Crippen LogP contribution in [0.15, 0.2) is 23.1 Å². The van der Waals surface area contributed by atoms with E-state index in [1.807, 2.05) is 0 Å². The Hall–Kier alpha value is -1.71. The summed E-state index contributed by atoms with van der Waals surface area (Å²) < 4.78 is 26.5. The fourth-order valence-corrected chi connectivity index (χ4v) is 2.91. The molecule has 0 saturated heterocycles. The van der Waals surface area contributed by atoms with E-state index in [-0.39, 0.29) is 10.6 Å². The number of nitrogens with two attached hydrogens (primary N) is 1. The number of hydrogen-bond donors (Lipinski definition) is 3. The van der Waals surface area contributed by atoms with Crippen molar-refractivity contribution in [2.24, 2.45) is 11.8 Å². The van der Waals surface area contributed by atoms with Crippen LogP contribution < -0.4 is 16.0 Å². The number of nitro benzene ring substituents is 1. The van der Waals surface area contributed by atoms with Gasteiger partial charge >= 0.3 is 0 Å². The van der Waals surface area contributed by atoms with Gasteiger partial charge < -0.3 is 5.43 Å². The molecule has 0 spiro atoms. The molecule has 2 rings (SSSR count). The highest BCUT2D eigenvalue weighted by atomic mass is 32.2. The quantitative estimate of drug-likeness (QED) is 0.398. The lowest BCUT2D eigenvalue weighted by molar-refractivity contribution is -0.387. The molecule has 0 unspecified atom stereocenters. The molecule has 9 heteroatoms. The van der Waals surface area contributed by atoms with Crippen LogP contribution in [-0.4, -0.2) is 19.9 Å². The second kappa shape index (κ2) is 5.11. The van der Waals surface area contributed by atoms with Gasteiger partial charge in [0.15, 0.2) is 4.90 Å². The second-order valence-corrected chi connectivity index (χ2v) is 6.11. The molecule has 0 heterocycles. The Bertz CT molecular complexity index is 598. The smallest absolute Gasteiger partial charge is 0.289 e. The van der Waals surface area contributed by atoms with Crippen molar-refractivity contribution < 1.29 is 13.3 Å². The first-order valence-corrected chi connectivity index (χ1v) is 7.17. The number of anilines is 1. The first-order valence-electron chi connectivity index (χ1n) is 5.69. The minimum absolute atomic E-state index is 0.289. The van der Waals surface area contributed by atoms with Crippen LogP contribution in [0.2, 0.25) is 0 Å². The van der Waals surface area contributed by atoms with Crippen molar-refractivity contribution in [2.45, 2.75) is 17.7 Å². The van der Waals surface area contributed by atoms with Gasteiger partial charge in [0, 0.05) is 12.6 Å². The highest BCUT2D eigenvalue weighted by molar-refractivity contribution is 7.89. The fraction of sp³-hybridized carbons (Fsp3) is 0.400. The number of nitrogen functional groups attached to an aromatic ring is 1. The van der Waals surface area contributed by atoms with E-state index >= 15 is 0 Å². The van der Waals surface area contributed by atoms with Gasteiger partial charge in [-0.1, -0.05) is 0 Å². The van der Waals surface area contributed by atoms with Crippen LogP contribution in [-0.2, 0) is 10.0 Å². The van der Waals surface area contributed by atoms with E-state index in [9.17, 15) is 18.5 Å². The highest BCUT2D eigenvalue weighted by Gasteiger charge is 2.29. The topological polar surface area (TPSA) is 127 Å². The van der Waals surface area contributed by atoms with Crippen molar-refractivity contribution in [2.75, 3.05) is 12.0 Å². The van der Waals surface area contributed by atoms with E-state index in [0.717, 1.165) is 25.0 Å². The van der Waals surface area contributed by atoms with Gasteiger partial charge in [-0.2, -0.15) is 0 Å². The lowest BCUT2D eigenvalue weighted by atomic mass is 10.3. The summed E-state index contributed by atoms with van der Waals surface area (Å²) in [6, 6.07) is 3.60. The average molecular weight is 286 g/mol. The predicted molar refractivity (Wildman–Crippen MR) is 68.8 cm³/mol. The molecular weight excluding hydrogens is 272 g/mol. The van der Waals surface area contributed by atoms with E-state index in [1.165, 1.54) is 6.07 Å². The van der Waals surface area contributed by atoms with Crippen LogP contribution in [0.4, 0.5) is 11.4 Å². The Morgan fingerprint density at radius 2 is 2.11 bits per heavy atom. The Kier molecular flexibility index (Phi) is 3.69. The second-order valence-electron chi connectivity index (χ2n) is 4.38. The van der Waals surface area contributed by atoms with E-state index in [0.29, 0.717) is 12.5 Å². The lowest BCUT2D eigenvalue weighted by Crippen LogP contribution is -2.26. The van der Waals surface area contributed by atoms with Gasteiger partial charge in [-0.3, -0.25) is 16.0 Å². The summed E-state index contributed by atoms with van der Waals surface area (Å²) in [7, 11) is -3.91. The van der Waals surface area contributed by atoms with Crippen molar-refractivity contribution in [1.82, 2.24) is 4.72 Å². The van der Waals surface area contributed by atoms with Crippen molar-refractivity contribution in [1.29, 1.82) is 0 Å². The van der Waals surface area contributed by atoms with Gasteiger partial charge in [-0.05, 0) is 30.9 Å². The Balaban J connectivity index is 2.36. The molecule has 19 heavy (non-hydrogen) atoms. The van der Waals surface area contributed by atoms with Crippen molar-refractivity contribution in [3.8, 4) is 0 Å². The van der Waals surface area contributed by atoms with Crippen LogP contribution in [0.5, 0.6) is 0 Å². The van der Waals surface area contributed by atoms with Crippen molar-refractivity contribution >= 4 is 21.4 Å². The van der Waals surface area contributed by atoms with Crippen LogP contribution >= 0.6 is 0 Å². The summed E-state index contributed by atoms with van der Waals surface area (Å²) in [6.45, 7) is 0.305. The van der Waals surface area contributed by atoms with Gasteiger partial charge in [0.2, 0.25) is 10.0 Å². The first-order chi connectivity index (χ1) is 8.94. The zero-order valence-electron chi connectivity index (χ0n) is 10.00. The summed E-state index contributed by atoms with van der Waals surface area (Å²) in [4.78, 5) is 9.77. The highest BCUT2D eigenvalue weighted by Crippen LogP contribution is 2.30. The molecule has 0 atom stereocenters. The van der Waals surface area contributed by atoms with E-state index in [1.54, 1.807) is 0 Å². The van der Waals surface area contributed by atoms with Gasteiger partial charge in [-0.25, -0.2) is 13.1 Å². The SMILES string of the molecule is NNc1ccc([N+](=O)[O-])c(S(=O)(=O)NCC2CC2)c1. The van der Waals surface area contributed by atoms with Crippen LogP contribution in [0.25, 0.3) is 0 Å². The zero-order valence-corrected chi connectivity index (χ0v) is 10.8. The lowest BCUT2D eigenvalue weighted by Gasteiger charge is -2.08. The molecule has 1 aliphatic rings. The zero-order chi connectivity index (χ0) is 14.0. The first kappa shape index (κ1) is 13.7. The summed E-state index contributed by atoms with van der Waals surface area (Å²) in [5, 5.41) is 10.9. The minimum atomic E-state index is -3.91. The molecule has 0 aliphatic heterocycles. The van der Waals surface area contributed by atoms with Crippen LogP contribution in [0.3, 0.4) is 0 Å². The number of hydrogen-bond acceptors (Lipinski definition) is 6. The third-order valence-corrected chi connectivity index (χ3v) is 4.32. The molecular formula is C10H14N4O4S. The van der Waals surface area contributed by atoms with Crippen molar-refractivity contribution in [3.05, 3.63) is 28.3 Å². The average Bonchev–Trinajstić information content (AvgIpc) is 3.19. The Morgan fingerprint density at radius 3 is 2.63 bits per heavy atom. The Labute approximate surface area is 110 Å². The standard InChI is InChI=1S/C10H14N4O4S/c11-13-8-3-4-9(14(15)16)10(5-8)19(17,18)12-6-7-1-2-7/h3-5,7,12-13H,1-2,6,11H2. The van der Waals surface area contributed by atoms with Gasteiger partial charge in [0.1, 0.15) is 0 Å². The number of nitro groups is 1. The molecule has 0 radical (unpaired) electrons. The van der Waals surface area contributed by atoms with Crippen LogP contribution in [0, 0.1) is 16.0 Å². The maximum Gasteiger partial charge on any atom is 0.289 e. The van der Waals surface area contributed by atoms with E-state index in [4.69, 9.17) is 5.84 Å². The fourth-order valence-electron chi connectivity index (χ4n) is 1.60. The number of nitrogens with one attached hydrogen (secondary N) is 2. The third-order valence-electron chi connectivity index (χ3n) is 2.87. The van der Waals surface area contributed by atoms with E-state index < -0.39 is 20.6 Å². The molecule has 1 aliphatic carbocycles. The molecule has 0 bridgehead atoms. The minimum Gasteiger partial charge on any atom is -0.324 e. The number of nitrogens with zero attached hydrogens (tertiary/aromatic N) is 1. The molecule has 1 fully saturated rings. The normalized spacial score (nSPS) is 15.2. The maximum atomic E-state index is 12.1. The summed E-state index contributed by atoms with van der Waals surface area (Å²) in [5.74, 6) is 5.52.